The Kier molecular flexibility index (Phi) is 5.74. The standard InChI is InChI=1S/C27H36N2/c1-29-18-10-15-22-25(29)19-23(20-11-4-2-5-12-20)27(24-16-8-9-17-28-24)26(22)21-13-6-3-7-14-21/h2-7,11-14,22-28H,8-10,15-19H2,1H3. The Morgan fingerprint density at radius 3 is 2.24 bits per heavy atom. The summed E-state index contributed by atoms with van der Waals surface area (Å²) < 4.78 is 0. The summed E-state index contributed by atoms with van der Waals surface area (Å²) in [6.45, 7) is 2.45. The number of nitrogens with zero attached hydrogens (tertiary/aromatic N) is 1. The molecule has 2 heteroatoms. The van der Waals surface area contributed by atoms with Crippen LogP contribution in [0.4, 0.5) is 0 Å². The first-order valence-corrected chi connectivity index (χ1v) is 11.9. The van der Waals surface area contributed by atoms with Crippen LogP contribution in [-0.2, 0) is 0 Å². The summed E-state index contributed by atoms with van der Waals surface area (Å²) in [4.78, 5) is 2.69. The van der Waals surface area contributed by atoms with E-state index in [1.165, 1.54) is 51.6 Å². The van der Waals surface area contributed by atoms with E-state index in [-0.39, 0.29) is 0 Å². The Morgan fingerprint density at radius 2 is 1.55 bits per heavy atom. The highest BCUT2D eigenvalue weighted by atomic mass is 15.1. The summed E-state index contributed by atoms with van der Waals surface area (Å²) in [5.41, 5.74) is 3.14. The Hall–Kier alpha value is -1.64. The van der Waals surface area contributed by atoms with E-state index in [0.29, 0.717) is 29.8 Å². The van der Waals surface area contributed by atoms with Gasteiger partial charge in [0, 0.05) is 12.1 Å². The highest BCUT2D eigenvalue weighted by Gasteiger charge is 2.50. The summed E-state index contributed by atoms with van der Waals surface area (Å²) in [5, 5.41) is 3.98. The second-order valence-electron chi connectivity index (χ2n) is 9.68. The minimum atomic E-state index is 0.638. The lowest BCUT2D eigenvalue weighted by Gasteiger charge is -2.55. The highest BCUT2D eigenvalue weighted by Crippen LogP contribution is 2.54. The molecule has 0 amide bonds. The Morgan fingerprint density at radius 1 is 0.828 bits per heavy atom. The fourth-order valence-electron chi connectivity index (χ4n) is 6.93. The molecule has 2 aromatic rings. The average Bonchev–Trinajstić information content (AvgIpc) is 2.80. The van der Waals surface area contributed by atoms with Crippen molar-refractivity contribution in [2.45, 2.75) is 62.4 Å². The predicted molar refractivity (Wildman–Crippen MR) is 121 cm³/mol. The third kappa shape index (κ3) is 3.78. The van der Waals surface area contributed by atoms with Crippen LogP contribution in [0.5, 0.6) is 0 Å². The van der Waals surface area contributed by atoms with Crippen molar-refractivity contribution in [1.82, 2.24) is 10.2 Å². The molecule has 0 spiro atoms. The van der Waals surface area contributed by atoms with E-state index < -0.39 is 0 Å². The number of fused-ring (bicyclic) bond motifs is 1. The van der Waals surface area contributed by atoms with Crippen LogP contribution in [0.25, 0.3) is 0 Å². The molecule has 5 rings (SSSR count). The molecule has 6 unspecified atom stereocenters. The van der Waals surface area contributed by atoms with Crippen LogP contribution in [-0.4, -0.2) is 37.1 Å². The predicted octanol–water partition coefficient (Wildman–Crippen LogP) is 5.43. The molecular weight excluding hydrogens is 352 g/mol. The lowest BCUT2D eigenvalue weighted by atomic mass is 9.56. The van der Waals surface area contributed by atoms with Gasteiger partial charge >= 0.3 is 0 Å². The molecule has 0 radical (unpaired) electrons. The van der Waals surface area contributed by atoms with Crippen molar-refractivity contribution in [2.75, 3.05) is 20.1 Å². The van der Waals surface area contributed by atoms with Gasteiger partial charge in [-0.05, 0) is 87.0 Å². The number of hydrogen-bond donors (Lipinski definition) is 1. The number of rotatable bonds is 3. The number of nitrogens with one attached hydrogen (secondary N) is 1. The summed E-state index contributed by atoms with van der Waals surface area (Å²) in [7, 11) is 2.38. The molecule has 6 atom stereocenters. The molecule has 2 saturated heterocycles. The normalized spacial score (nSPS) is 35.8. The maximum atomic E-state index is 3.98. The molecule has 0 aromatic heterocycles. The van der Waals surface area contributed by atoms with Crippen LogP contribution in [0.15, 0.2) is 60.7 Å². The third-order valence-corrected chi connectivity index (χ3v) is 8.17. The fourth-order valence-corrected chi connectivity index (χ4v) is 6.93. The Balaban J connectivity index is 1.61. The van der Waals surface area contributed by atoms with Crippen molar-refractivity contribution >= 4 is 0 Å². The molecule has 1 aliphatic carbocycles. The van der Waals surface area contributed by atoms with Crippen molar-refractivity contribution < 1.29 is 0 Å². The molecule has 154 valence electrons. The van der Waals surface area contributed by atoms with Crippen LogP contribution in [0.1, 0.15) is 61.5 Å². The quantitative estimate of drug-likeness (QED) is 0.754. The van der Waals surface area contributed by atoms with Gasteiger partial charge in [0.15, 0.2) is 0 Å². The monoisotopic (exact) mass is 388 g/mol. The number of benzene rings is 2. The SMILES string of the molecule is CN1CCCC2C(c3ccccc3)C(C3CCCCN3)C(c3ccccc3)CC21. The second-order valence-corrected chi connectivity index (χ2v) is 9.68. The smallest absolute Gasteiger partial charge is 0.0132 e. The minimum absolute atomic E-state index is 0.638. The third-order valence-electron chi connectivity index (χ3n) is 8.17. The van der Waals surface area contributed by atoms with Gasteiger partial charge < -0.3 is 10.2 Å². The van der Waals surface area contributed by atoms with Gasteiger partial charge in [-0.15, -0.1) is 0 Å². The van der Waals surface area contributed by atoms with Crippen LogP contribution in [0, 0.1) is 11.8 Å². The Labute approximate surface area is 176 Å². The van der Waals surface area contributed by atoms with Crippen molar-refractivity contribution in [3.63, 3.8) is 0 Å². The molecule has 0 bridgehead atoms. The van der Waals surface area contributed by atoms with Gasteiger partial charge in [0.05, 0.1) is 0 Å². The molecule has 29 heavy (non-hydrogen) atoms. The zero-order valence-electron chi connectivity index (χ0n) is 17.8. The second kappa shape index (κ2) is 8.62. The summed E-state index contributed by atoms with van der Waals surface area (Å²) >= 11 is 0. The zero-order valence-corrected chi connectivity index (χ0v) is 17.8. The van der Waals surface area contributed by atoms with Gasteiger partial charge in [-0.3, -0.25) is 0 Å². The van der Waals surface area contributed by atoms with Crippen molar-refractivity contribution in [3.05, 3.63) is 71.8 Å². The molecule has 2 nitrogen and oxygen atoms in total. The average molecular weight is 389 g/mol. The molecule has 1 saturated carbocycles. The van der Waals surface area contributed by atoms with Gasteiger partial charge in [-0.25, -0.2) is 0 Å². The maximum Gasteiger partial charge on any atom is 0.0132 e. The summed E-state index contributed by atoms with van der Waals surface area (Å²) in [5.74, 6) is 2.76. The van der Waals surface area contributed by atoms with Gasteiger partial charge in [-0.1, -0.05) is 67.1 Å². The van der Waals surface area contributed by atoms with E-state index in [1.54, 1.807) is 11.1 Å². The lowest BCUT2D eigenvalue weighted by molar-refractivity contribution is 0.0145. The van der Waals surface area contributed by atoms with Crippen LogP contribution in [0.2, 0.25) is 0 Å². The topological polar surface area (TPSA) is 15.3 Å². The summed E-state index contributed by atoms with van der Waals surface area (Å²) in [6.07, 6.45) is 8.11. The van der Waals surface area contributed by atoms with E-state index in [9.17, 15) is 0 Å². The first-order valence-electron chi connectivity index (χ1n) is 11.9. The molecule has 3 fully saturated rings. The van der Waals surface area contributed by atoms with E-state index in [0.717, 1.165) is 5.92 Å². The zero-order chi connectivity index (χ0) is 19.6. The van der Waals surface area contributed by atoms with Gasteiger partial charge in [0.25, 0.3) is 0 Å². The maximum absolute atomic E-state index is 3.98. The van der Waals surface area contributed by atoms with Crippen LogP contribution in [0.3, 0.4) is 0 Å². The molecule has 2 heterocycles. The van der Waals surface area contributed by atoms with E-state index in [4.69, 9.17) is 0 Å². The number of hydrogen-bond acceptors (Lipinski definition) is 2. The van der Waals surface area contributed by atoms with E-state index >= 15 is 0 Å². The van der Waals surface area contributed by atoms with Gasteiger partial charge in [-0.2, -0.15) is 0 Å². The highest BCUT2D eigenvalue weighted by molar-refractivity contribution is 5.30. The lowest BCUT2D eigenvalue weighted by Crippen LogP contribution is -2.56. The molecule has 2 aliphatic heterocycles. The minimum Gasteiger partial charge on any atom is -0.314 e. The number of likely N-dealkylation sites (tertiary alicyclic amines) is 1. The van der Waals surface area contributed by atoms with Gasteiger partial charge in [0.2, 0.25) is 0 Å². The molecule has 1 N–H and O–H groups in total. The summed E-state index contributed by atoms with van der Waals surface area (Å²) in [6, 6.07) is 24.3. The first-order chi connectivity index (χ1) is 14.3. The molecular formula is C27H36N2. The Bertz CT molecular complexity index is 768. The molecule has 3 aliphatic rings. The number of piperidine rings is 2. The van der Waals surface area contributed by atoms with E-state index in [1.807, 2.05) is 0 Å². The van der Waals surface area contributed by atoms with E-state index in [2.05, 4.69) is 77.9 Å². The van der Waals surface area contributed by atoms with Crippen molar-refractivity contribution in [2.24, 2.45) is 11.8 Å². The van der Waals surface area contributed by atoms with Gasteiger partial charge in [0.1, 0.15) is 0 Å². The van der Waals surface area contributed by atoms with Crippen LogP contribution < -0.4 is 5.32 Å². The first kappa shape index (κ1) is 19.3. The van der Waals surface area contributed by atoms with Crippen LogP contribution >= 0.6 is 0 Å². The molecule has 2 aromatic carbocycles. The van der Waals surface area contributed by atoms with Crippen molar-refractivity contribution in [3.8, 4) is 0 Å². The van der Waals surface area contributed by atoms with Crippen molar-refractivity contribution in [1.29, 1.82) is 0 Å². The largest absolute Gasteiger partial charge is 0.314 e. The fraction of sp³-hybridized carbons (Fsp3) is 0.556.